The number of hydrogen-bond acceptors (Lipinski definition) is 4. The standard InChI is InChI=1S/C22H22F3N3O3/c1-2-15(28-8-7-13-5-3-4-6-14(13)12-28)11-26-20(30)18-9-16-17(22(23,24)25)10-19(29)27-21(16)31-18/h3-6,9-10,15H,2,7-8,11-12H2,1H3,(H,26,30)(H,27,29). The zero-order valence-electron chi connectivity index (χ0n) is 16.9. The van der Waals surface area contributed by atoms with Crippen LogP contribution in [0.3, 0.4) is 0 Å². The molecule has 164 valence electrons. The summed E-state index contributed by atoms with van der Waals surface area (Å²) in [5.41, 5.74) is 0.142. The highest BCUT2D eigenvalue weighted by molar-refractivity contribution is 5.96. The summed E-state index contributed by atoms with van der Waals surface area (Å²) in [5, 5.41) is 2.41. The lowest BCUT2D eigenvalue weighted by molar-refractivity contribution is -0.136. The third kappa shape index (κ3) is 4.36. The molecule has 0 fully saturated rings. The van der Waals surface area contributed by atoms with Crippen molar-refractivity contribution < 1.29 is 22.4 Å². The zero-order chi connectivity index (χ0) is 22.2. The van der Waals surface area contributed by atoms with Crippen LogP contribution >= 0.6 is 0 Å². The van der Waals surface area contributed by atoms with Crippen molar-refractivity contribution in [3.05, 3.63) is 69.2 Å². The van der Waals surface area contributed by atoms with E-state index in [1.807, 2.05) is 19.1 Å². The molecule has 9 heteroatoms. The number of alkyl halides is 3. The van der Waals surface area contributed by atoms with Gasteiger partial charge in [-0.15, -0.1) is 0 Å². The van der Waals surface area contributed by atoms with Gasteiger partial charge in [0.25, 0.3) is 11.5 Å². The summed E-state index contributed by atoms with van der Waals surface area (Å²) < 4.78 is 44.9. The summed E-state index contributed by atoms with van der Waals surface area (Å²) in [6, 6.07) is 9.80. The second-order valence-electron chi connectivity index (χ2n) is 7.66. The molecule has 2 N–H and O–H groups in total. The van der Waals surface area contributed by atoms with Gasteiger partial charge in [-0.3, -0.25) is 19.5 Å². The number of fused-ring (bicyclic) bond motifs is 2. The minimum absolute atomic E-state index is 0.0761. The van der Waals surface area contributed by atoms with Gasteiger partial charge in [0.1, 0.15) is 0 Å². The lowest BCUT2D eigenvalue weighted by Gasteiger charge is -2.35. The van der Waals surface area contributed by atoms with Crippen molar-refractivity contribution in [3.8, 4) is 0 Å². The first-order valence-corrected chi connectivity index (χ1v) is 10.1. The molecule has 31 heavy (non-hydrogen) atoms. The molecule has 0 saturated heterocycles. The van der Waals surface area contributed by atoms with Gasteiger partial charge in [-0.05, 0) is 30.0 Å². The summed E-state index contributed by atoms with van der Waals surface area (Å²) in [6.45, 7) is 4.01. The van der Waals surface area contributed by atoms with Crippen molar-refractivity contribution in [2.45, 2.75) is 38.5 Å². The van der Waals surface area contributed by atoms with Gasteiger partial charge in [0.2, 0.25) is 5.71 Å². The summed E-state index contributed by atoms with van der Waals surface area (Å²) in [5.74, 6) is -0.901. The Morgan fingerprint density at radius 3 is 2.71 bits per heavy atom. The van der Waals surface area contributed by atoms with Crippen LogP contribution < -0.4 is 10.9 Å². The molecular formula is C22H22F3N3O3. The molecule has 1 aromatic carbocycles. The van der Waals surface area contributed by atoms with E-state index in [1.165, 1.54) is 11.1 Å². The number of amides is 1. The van der Waals surface area contributed by atoms with E-state index in [4.69, 9.17) is 4.42 Å². The largest absolute Gasteiger partial charge is 0.434 e. The number of carbonyl (C=O) groups excluding carboxylic acids is 1. The first kappa shape index (κ1) is 21.2. The molecule has 3 heterocycles. The number of aromatic nitrogens is 1. The maximum Gasteiger partial charge on any atom is 0.417 e. The first-order valence-electron chi connectivity index (χ1n) is 10.1. The van der Waals surface area contributed by atoms with E-state index >= 15 is 0 Å². The number of nitrogens with zero attached hydrogens (tertiary/aromatic N) is 1. The number of aromatic amines is 1. The molecule has 3 aromatic rings. The third-order valence-corrected chi connectivity index (χ3v) is 5.71. The van der Waals surface area contributed by atoms with Gasteiger partial charge in [-0.25, -0.2) is 0 Å². The Morgan fingerprint density at radius 2 is 2.00 bits per heavy atom. The van der Waals surface area contributed by atoms with Gasteiger partial charge in [-0.2, -0.15) is 13.2 Å². The number of benzene rings is 1. The smallest absolute Gasteiger partial charge is 0.417 e. The quantitative estimate of drug-likeness (QED) is 0.643. The summed E-state index contributed by atoms with van der Waals surface area (Å²) in [6.07, 6.45) is -3.01. The molecule has 1 aliphatic heterocycles. The fourth-order valence-electron chi connectivity index (χ4n) is 4.05. The van der Waals surface area contributed by atoms with Crippen molar-refractivity contribution in [3.63, 3.8) is 0 Å². The van der Waals surface area contributed by atoms with E-state index < -0.39 is 23.2 Å². The number of pyridine rings is 1. The molecule has 2 aromatic heterocycles. The van der Waals surface area contributed by atoms with Gasteiger partial charge < -0.3 is 9.73 Å². The number of nitrogens with one attached hydrogen (secondary N) is 2. The zero-order valence-corrected chi connectivity index (χ0v) is 16.9. The molecule has 0 spiro atoms. The minimum atomic E-state index is -4.73. The fourth-order valence-corrected chi connectivity index (χ4v) is 4.05. The summed E-state index contributed by atoms with van der Waals surface area (Å²) >= 11 is 0. The Balaban J connectivity index is 1.48. The lowest BCUT2D eigenvalue weighted by Crippen LogP contribution is -2.45. The second-order valence-corrected chi connectivity index (χ2v) is 7.66. The number of carbonyl (C=O) groups is 1. The number of hydrogen-bond donors (Lipinski definition) is 2. The number of H-pyrrole nitrogens is 1. The Labute approximate surface area is 176 Å². The van der Waals surface area contributed by atoms with Gasteiger partial charge in [0.05, 0.1) is 10.9 Å². The third-order valence-electron chi connectivity index (χ3n) is 5.71. The number of rotatable bonds is 5. The fraction of sp³-hybridized carbons (Fsp3) is 0.364. The van der Waals surface area contributed by atoms with Crippen LogP contribution in [0.25, 0.3) is 11.1 Å². The maximum absolute atomic E-state index is 13.2. The Hall–Kier alpha value is -3.07. The van der Waals surface area contributed by atoms with Crippen LogP contribution in [0.1, 0.15) is 40.6 Å². The first-order chi connectivity index (χ1) is 14.8. The van der Waals surface area contributed by atoms with Crippen LogP contribution in [0.2, 0.25) is 0 Å². The van der Waals surface area contributed by atoms with Crippen molar-refractivity contribution in [2.24, 2.45) is 0 Å². The maximum atomic E-state index is 13.2. The monoisotopic (exact) mass is 433 g/mol. The minimum Gasteiger partial charge on any atom is -0.434 e. The topological polar surface area (TPSA) is 78.3 Å². The summed E-state index contributed by atoms with van der Waals surface area (Å²) in [7, 11) is 0. The molecule has 6 nitrogen and oxygen atoms in total. The van der Waals surface area contributed by atoms with E-state index in [9.17, 15) is 22.8 Å². The molecule has 1 unspecified atom stereocenters. The van der Waals surface area contributed by atoms with Gasteiger partial charge >= 0.3 is 6.18 Å². The van der Waals surface area contributed by atoms with Crippen LogP contribution in [0, 0.1) is 0 Å². The molecule has 1 aliphatic rings. The molecule has 1 atom stereocenters. The predicted molar refractivity (Wildman–Crippen MR) is 109 cm³/mol. The molecule has 0 bridgehead atoms. The van der Waals surface area contributed by atoms with Crippen LogP contribution in [0.15, 0.2) is 45.6 Å². The van der Waals surface area contributed by atoms with Gasteiger partial charge in [0, 0.05) is 31.7 Å². The molecule has 0 saturated carbocycles. The average Bonchev–Trinajstić information content (AvgIpc) is 3.16. The highest BCUT2D eigenvalue weighted by Crippen LogP contribution is 2.34. The van der Waals surface area contributed by atoms with E-state index in [0.29, 0.717) is 12.6 Å². The van der Waals surface area contributed by atoms with Crippen molar-refractivity contribution >= 4 is 17.0 Å². The molecule has 0 aliphatic carbocycles. The highest BCUT2D eigenvalue weighted by Gasteiger charge is 2.35. The normalized spacial score (nSPS) is 15.6. The van der Waals surface area contributed by atoms with Gasteiger partial charge in [-0.1, -0.05) is 31.2 Å². The molecule has 1 amide bonds. The average molecular weight is 433 g/mol. The van der Waals surface area contributed by atoms with Crippen molar-refractivity contribution in [1.29, 1.82) is 0 Å². The van der Waals surface area contributed by atoms with E-state index in [2.05, 4.69) is 27.3 Å². The van der Waals surface area contributed by atoms with Crippen LogP contribution in [-0.2, 0) is 19.1 Å². The summed E-state index contributed by atoms with van der Waals surface area (Å²) in [4.78, 5) is 28.6. The van der Waals surface area contributed by atoms with Crippen LogP contribution in [-0.4, -0.2) is 34.9 Å². The van der Waals surface area contributed by atoms with E-state index in [0.717, 1.165) is 32.0 Å². The second kappa shape index (κ2) is 8.22. The Bertz CT molecular complexity index is 1170. The highest BCUT2D eigenvalue weighted by atomic mass is 19.4. The van der Waals surface area contributed by atoms with E-state index in [-0.39, 0.29) is 22.9 Å². The Morgan fingerprint density at radius 1 is 1.26 bits per heavy atom. The van der Waals surface area contributed by atoms with Crippen molar-refractivity contribution in [2.75, 3.05) is 13.1 Å². The Kier molecular flexibility index (Phi) is 5.62. The molecule has 0 radical (unpaired) electrons. The van der Waals surface area contributed by atoms with Crippen molar-refractivity contribution in [1.82, 2.24) is 15.2 Å². The van der Waals surface area contributed by atoms with Crippen LogP contribution in [0.4, 0.5) is 13.2 Å². The number of furan rings is 1. The lowest BCUT2D eigenvalue weighted by atomic mass is 9.98. The molecule has 4 rings (SSSR count). The SMILES string of the molecule is CCC(CNC(=O)c1cc2c(C(F)(F)F)cc(=O)[nH]c2o1)N1CCc2ccccc2C1. The number of halogens is 3. The van der Waals surface area contributed by atoms with Crippen LogP contribution in [0.5, 0.6) is 0 Å². The van der Waals surface area contributed by atoms with E-state index in [1.54, 1.807) is 0 Å². The predicted octanol–water partition coefficient (Wildman–Crippen LogP) is 3.71. The molecular weight excluding hydrogens is 411 g/mol. The van der Waals surface area contributed by atoms with Gasteiger partial charge in [0.15, 0.2) is 5.76 Å².